The van der Waals surface area contributed by atoms with Gasteiger partial charge in [-0.1, -0.05) is 35.5 Å². The molecule has 1 aromatic heterocycles. The van der Waals surface area contributed by atoms with E-state index in [0.29, 0.717) is 16.1 Å². The highest BCUT2D eigenvalue weighted by Gasteiger charge is 2.19. The highest BCUT2D eigenvalue weighted by molar-refractivity contribution is 8.00. The van der Waals surface area contributed by atoms with Gasteiger partial charge in [0, 0.05) is 15.5 Å². The Kier molecular flexibility index (Phi) is 6.24. The number of rotatable bonds is 6. The summed E-state index contributed by atoms with van der Waals surface area (Å²) in [6.45, 7) is 1.80. The molecule has 3 rings (SSSR count). The number of carbonyl (C=O) groups excluding carboxylic acids is 1. The maximum Gasteiger partial charge on any atom is 0.277 e. The van der Waals surface area contributed by atoms with Crippen LogP contribution in [0.3, 0.4) is 0 Å². The monoisotopic (exact) mass is 405 g/mol. The van der Waals surface area contributed by atoms with E-state index in [1.165, 1.54) is 11.8 Å². The quantitative estimate of drug-likeness (QED) is 0.566. The number of aromatic nitrogens is 2. The zero-order chi connectivity index (χ0) is 18.5. The van der Waals surface area contributed by atoms with Gasteiger partial charge in [-0.15, -0.1) is 22.0 Å². The third kappa shape index (κ3) is 4.60. The molecule has 8 heteroatoms. The van der Waals surface area contributed by atoms with Gasteiger partial charge in [0.1, 0.15) is 0 Å². The zero-order valence-electron chi connectivity index (χ0n) is 14.1. The van der Waals surface area contributed by atoms with Crippen LogP contribution in [0.25, 0.3) is 11.5 Å². The molecule has 0 radical (unpaired) electrons. The van der Waals surface area contributed by atoms with E-state index in [0.717, 1.165) is 16.1 Å². The van der Waals surface area contributed by atoms with E-state index in [2.05, 4.69) is 15.5 Å². The van der Waals surface area contributed by atoms with E-state index in [1.807, 2.05) is 30.5 Å². The van der Waals surface area contributed by atoms with Gasteiger partial charge in [-0.2, -0.15) is 0 Å². The van der Waals surface area contributed by atoms with Gasteiger partial charge in [0.25, 0.3) is 5.22 Å². The van der Waals surface area contributed by atoms with Crippen LogP contribution in [0.2, 0.25) is 5.02 Å². The standard InChI is InChI=1S/C18H16ClN3O2S2/c1-11(16(23)20-14-5-3-4-6-15(14)25-2)26-18-22-21-17(24-18)12-7-9-13(19)10-8-12/h3-11H,1-2H3,(H,20,23). The van der Waals surface area contributed by atoms with Gasteiger partial charge in [-0.25, -0.2) is 0 Å². The van der Waals surface area contributed by atoms with Crippen molar-refractivity contribution in [3.05, 3.63) is 53.6 Å². The number of halogens is 1. The lowest BCUT2D eigenvalue weighted by Gasteiger charge is -2.12. The van der Waals surface area contributed by atoms with E-state index >= 15 is 0 Å². The highest BCUT2D eigenvalue weighted by Crippen LogP contribution is 2.29. The molecule has 1 unspecified atom stereocenters. The zero-order valence-corrected chi connectivity index (χ0v) is 16.5. The van der Waals surface area contributed by atoms with Crippen molar-refractivity contribution in [2.24, 2.45) is 0 Å². The molecule has 1 amide bonds. The first-order chi connectivity index (χ1) is 12.6. The largest absolute Gasteiger partial charge is 0.411 e. The van der Waals surface area contributed by atoms with Crippen LogP contribution in [-0.4, -0.2) is 27.6 Å². The summed E-state index contributed by atoms with van der Waals surface area (Å²) < 4.78 is 5.64. The van der Waals surface area contributed by atoms with Gasteiger partial charge < -0.3 is 9.73 Å². The number of amides is 1. The van der Waals surface area contributed by atoms with Crippen molar-refractivity contribution < 1.29 is 9.21 Å². The van der Waals surface area contributed by atoms with E-state index in [4.69, 9.17) is 16.0 Å². The van der Waals surface area contributed by atoms with Gasteiger partial charge in [-0.3, -0.25) is 4.79 Å². The first-order valence-electron chi connectivity index (χ1n) is 7.77. The molecule has 1 N–H and O–H groups in total. The van der Waals surface area contributed by atoms with Crippen molar-refractivity contribution in [2.45, 2.75) is 22.3 Å². The maximum absolute atomic E-state index is 12.5. The molecular weight excluding hydrogens is 390 g/mol. The SMILES string of the molecule is CSc1ccccc1NC(=O)C(C)Sc1nnc(-c2ccc(Cl)cc2)o1. The first kappa shape index (κ1) is 18.8. The van der Waals surface area contributed by atoms with E-state index in [9.17, 15) is 4.79 Å². The number of thioether (sulfide) groups is 2. The summed E-state index contributed by atoms with van der Waals surface area (Å²) in [5.41, 5.74) is 1.57. The Morgan fingerprint density at radius 3 is 2.62 bits per heavy atom. The average molecular weight is 406 g/mol. The molecule has 0 saturated heterocycles. The fourth-order valence-electron chi connectivity index (χ4n) is 2.15. The average Bonchev–Trinajstić information content (AvgIpc) is 3.11. The van der Waals surface area contributed by atoms with Gasteiger partial charge >= 0.3 is 0 Å². The summed E-state index contributed by atoms with van der Waals surface area (Å²) in [5, 5.41) is 11.6. The Labute approximate surface area is 164 Å². The maximum atomic E-state index is 12.5. The Hall–Kier alpha value is -1.96. The van der Waals surface area contributed by atoms with E-state index < -0.39 is 0 Å². The number of para-hydroxylation sites is 1. The second kappa shape index (κ2) is 8.62. The summed E-state index contributed by atoms with van der Waals surface area (Å²) >= 11 is 8.68. The minimum atomic E-state index is -0.386. The van der Waals surface area contributed by atoms with Crippen molar-refractivity contribution in [1.82, 2.24) is 10.2 Å². The summed E-state index contributed by atoms with van der Waals surface area (Å²) in [5.74, 6) is 0.271. The topological polar surface area (TPSA) is 68.0 Å². The second-order valence-corrected chi connectivity index (χ2v) is 7.91. The molecule has 0 aliphatic carbocycles. The molecule has 1 atom stereocenters. The van der Waals surface area contributed by atoms with Crippen LogP contribution in [0.5, 0.6) is 0 Å². The predicted molar refractivity (Wildman–Crippen MR) is 107 cm³/mol. The Balaban J connectivity index is 1.65. The third-order valence-electron chi connectivity index (χ3n) is 3.51. The lowest BCUT2D eigenvalue weighted by Crippen LogP contribution is -2.22. The Morgan fingerprint density at radius 1 is 1.15 bits per heavy atom. The summed E-state index contributed by atoms with van der Waals surface area (Å²) in [4.78, 5) is 13.5. The van der Waals surface area contributed by atoms with Crippen molar-refractivity contribution in [1.29, 1.82) is 0 Å². The van der Waals surface area contributed by atoms with Crippen LogP contribution in [0, 0.1) is 0 Å². The number of hydrogen-bond acceptors (Lipinski definition) is 6. The lowest BCUT2D eigenvalue weighted by molar-refractivity contribution is -0.115. The van der Waals surface area contributed by atoms with Crippen molar-refractivity contribution in [3.8, 4) is 11.5 Å². The molecular formula is C18H16ClN3O2S2. The van der Waals surface area contributed by atoms with Gasteiger partial charge in [0.15, 0.2) is 0 Å². The molecule has 26 heavy (non-hydrogen) atoms. The molecule has 0 saturated carbocycles. The van der Waals surface area contributed by atoms with Crippen LogP contribution in [0.15, 0.2) is 63.1 Å². The van der Waals surface area contributed by atoms with E-state index in [-0.39, 0.29) is 11.2 Å². The number of nitrogens with one attached hydrogen (secondary N) is 1. The normalized spacial score (nSPS) is 12.0. The fraction of sp³-hybridized carbons (Fsp3) is 0.167. The predicted octanol–water partition coefficient (Wildman–Crippen LogP) is 5.23. The van der Waals surface area contributed by atoms with Gasteiger partial charge in [0.2, 0.25) is 11.8 Å². The molecule has 0 bridgehead atoms. The van der Waals surface area contributed by atoms with Gasteiger partial charge in [-0.05, 0) is 49.6 Å². The van der Waals surface area contributed by atoms with Crippen LogP contribution in [0.1, 0.15) is 6.92 Å². The number of anilines is 1. The van der Waals surface area contributed by atoms with Crippen molar-refractivity contribution >= 4 is 46.7 Å². The van der Waals surface area contributed by atoms with Crippen molar-refractivity contribution in [2.75, 3.05) is 11.6 Å². The van der Waals surface area contributed by atoms with Gasteiger partial charge in [0.05, 0.1) is 10.9 Å². The van der Waals surface area contributed by atoms with Crippen LogP contribution in [0.4, 0.5) is 5.69 Å². The molecule has 2 aromatic carbocycles. The summed E-state index contributed by atoms with van der Waals surface area (Å²) in [6.07, 6.45) is 1.97. The number of hydrogen-bond donors (Lipinski definition) is 1. The van der Waals surface area contributed by atoms with E-state index in [1.54, 1.807) is 43.0 Å². The molecule has 0 fully saturated rings. The highest BCUT2D eigenvalue weighted by atomic mass is 35.5. The molecule has 1 heterocycles. The molecule has 0 aliphatic rings. The molecule has 3 aromatic rings. The fourth-order valence-corrected chi connectivity index (χ4v) is 3.52. The Morgan fingerprint density at radius 2 is 1.88 bits per heavy atom. The first-order valence-corrected chi connectivity index (χ1v) is 10.2. The number of benzene rings is 2. The number of carbonyl (C=O) groups is 1. The Bertz CT molecular complexity index is 899. The summed E-state index contributed by atoms with van der Waals surface area (Å²) in [7, 11) is 0. The minimum Gasteiger partial charge on any atom is -0.411 e. The molecule has 5 nitrogen and oxygen atoms in total. The lowest BCUT2D eigenvalue weighted by atomic mass is 10.2. The van der Waals surface area contributed by atoms with Crippen LogP contribution in [-0.2, 0) is 4.79 Å². The number of nitrogens with zero attached hydrogens (tertiary/aromatic N) is 2. The van der Waals surface area contributed by atoms with Crippen LogP contribution < -0.4 is 5.32 Å². The smallest absolute Gasteiger partial charge is 0.277 e. The minimum absolute atomic E-state index is 0.122. The second-order valence-electron chi connectivity index (χ2n) is 5.33. The van der Waals surface area contributed by atoms with Crippen molar-refractivity contribution in [3.63, 3.8) is 0 Å². The summed E-state index contributed by atoms with van der Waals surface area (Å²) in [6, 6.07) is 14.8. The molecule has 0 aliphatic heterocycles. The van der Waals surface area contributed by atoms with Crippen LogP contribution >= 0.6 is 35.1 Å². The molecule has 134 valence electrons. The molecule has 0 spiro atoms. The third-order valence-corrected chi connectivity index (χ3v) is 5.49.